The zero-order valence-electron chi connectivity index (χ0n) is 31.2. The van der Waals surface area contributed by atoms with Crippen LogP contribution in [0.4, 0.5) is 4.79 Å². The topological polar surface area (TPSA) is 182 Å². The number of ether oxygens (including phenoxy) is 2. The molecule has 282 valence electrons. The molecular formula is C37H50N6O7S2. The Kier molecular flexibility index (Phi) is 11.3. The first-order valence-electron chi connectivity index (χ1n) is 17.6. The van der Waals surface area contributed by atoms with Crippen LogP contribution >= 0.6 is 11.3 Å². The number of aromatic nitrogens is 1. The van der Waals surface area contributed by atoms with E-state index in [2.05, 4.69) is 20.0 Å². The molecule has 0 aliphatic carbocycles. The molecular weight excluding hydrogens is 705 g/mol. The minimum Gasteiger partial charge on any atom is -0.487 e. The van der Waals surface area contributed by atoms with Crippen molar-refractivity contribution in [1.82, 2.24) is 19.9 Å². The number of piperidine rings is 1. The number of Topliss-reactive ketones (excluding diaryl/α,β-unsaturated/α-hetero) is 1. The number of ketones is 1. The summed E-state index contributed by atoms with van der Waals surface area (Å²) in [5.74, 6) is -0.755. The van der Waals surface area contributed by atoms with E-state index in [1.165, 1.54) is 16.2 Å². The maximum Gasteiger partial charge on any atom is 0.410 e. The minimum absolute atomic E-state index is 0.0902. The standard InChI is InChI=1S/C37H50N6O7S2/c1-21-22(2)31(23(3)25-19-37(7,8)49-30(21)25)52(47,48)42-34(38)39-17-11-15-27(29(44)33-41-26-14-9-10-16-28(26)51-33)40-32(45)24-13-12-18-43(20-24)35(46)50-36(4,5)6/h9-10,14,16,24,27H,11-13,15,17-20H2,1-8H3,(H,40,45)(H3,38,39,42)/t24-,27?/m0/s1. The normalized spacial score (nSPS) is 18.0. The van der Waals surface area contributed by atoms with Crippen molar-refractivity contribution in [3.63, 3.8) is 0 Å². The van der Waals surface area contributed by atoms with E-state index in [0.29, 0.717) is 48.9 Å². The number of benzene rings is 2. The van der Waals surface area contributed by atoms with Gasteiger partial charge in [-0.25, -0.2) is 22.9 Å². The van der Waals surface area contributed by atoms with Gasteiger partial charge in [-0.1, -0.05) is 12.1 Å². The number of hydrogen-bond donors (Lipinski definition) is 3. The monoisotopic (exact) mass is 754 g/mol. The van der Waals surface area contributed by atoms with E-state index in [1.807, 2.05) is 45.0 Å². The molecule has 2 aliphatic heterocycles. The third kappa shape index (κ3) is 8.85. The number of hydrogen-bond acceptors (Lipinski definition) is 10. The summed E-state index contributed by atoms with van der Waals surface area (Å²) in [6.45, 7) is 15.4. The van der Waals surface area contributed by atoms with E-state index in [1.54, 1.807) is 34.6 Å². The van der Waals surface area contributed by atoms with E-state index < -0.39 is 39.3 Å². The molecule has 2 atom stereocenters. The molecule has 3 heterocycles. The Morgan fingerprint density at radius 1 is 1.15 bits per heavy atom. The molecule has 0 radical (unpaired) electrons. The number of fused-ring (bicyclic) bond motifs is 2. The molecule has 2 amide bonds. The molecule has 2 aromatic carbocycles. The molecule has 1 unspecified atom stereocenters. The summed E-state index contributed by atoms with van der Waals surface area (Å²) in [4.78, 5) is 50.6. The lowest BCUT2D eigenvalue weighted by Crippen LogP contribution is -2.50. The highest BCUT2D eigenvalue weighted by Crippen LogP contribution is 2.43. The van der Waals surface area contributed by atoms with Crippen molar-refractivity contribution in [1.29, 1.82) is 0 Å². The van der Waals surface area contributed by atoms with Gasteiger partial charge in [0, 0.05) is 31.6 Å². The Morgan fingerprint density at radius 2 is 1.87 bits per heavy atom. The molecule has 2 aliphatic rings. The van der Waals surface area contributed by atoms with Crippen LogP contribution in [0.25, 0.3) is 10.2 Å². The van der Waals surface area contributed by atoms with Gasteiger partial charge in [0.2, 0.25) is 17.6 Å². The van der Waals surface area contributed by atoms with Gasteiger partial charge >= 0.3 is 6.09 Å². The number of carbonyl (C=O) groups is 3. The lowest BCUT2D eigenvalue weighted by molar-refractivity contribution is -0.127. The van der Waals surface area contributed by atoms with Crippen molar-refractivity contribution in [3.8, 4) is 5.75 Å². The third-order valence-electron chi connectivity index (χ3n) is 9.31. The molecule has 15 heteroatoms. The number of likely N-dealkylation sites (tertiary alicyclic amines) is 1. The molecule has 0 spiro atoms. The van der Waals surface area contributed by atoms with Crippen LogP contribution in [-0.2, 0) is 26.0 Å². The minimum atomic E-state index is -4.08. The number of sulfonamides is 1. The first kappa shape index (κ1) is 39.0. The Balaban J connectivity index is 1.28. The lowest BCUT2D eigenvalue weighted by Gasteiger charge is -2.34. The zero-order chi connectivity index (χ0) is 38.2. The average Bonchev–Trinajstić information content (AvgIpc) is 3.64. The smallest absolute Gasteiger partial charge is 0.410 e. The molecule has 1 fully saturated rings. The van der Waals surface area contributed by atoms with Crippen LogP contribution in [0.3, 0.4) is 0 Å². The quantitative estimate of drug-likeness (QED) is 0.107. The Labute approximate surface area is 309 Å². The molecule has 5 rings (SSSR count). The van der Waals surface area contributed by atoms with Gasteiger partial charge < -0.3 is 25.4 Å². The predicted octanol–water partition coefficient (Wildman–Crippen LogP) is 5.32. The number of nitrogens with two attached hydrogens (primary N) is 1. The Morgan fingerprint density at radius 3 is 2.56 bits per heavy atom. The summed E-state index contributed by atoms with van der Waals surface area (Å²) in [5, 5.41) is 3.20. The van der Waals surface area contributed by atoms with E-state index in [4.69, 9.17) is 15.2 Å². The summed E-state index contributed by atoms with van der Waals surface area (Å²) >= 11 is 1.25. The lowest BCUT2D eigenvalue weighted by atomic mass is 9.94. The second kappa shape index (κ2) is 15.0. The average molecular weight is 755 g/mol. The molecule has 0 saturated carbocycles. The van der Waals surface area contributed by atoms with E-state index in [-0.39, 0.29) is 47.1 Å². The number of thiazole rings is 1. The second-order valence-corrected chi connectivity index (χ2v) is 17.9. The molecule has 3 aromatic rings. The fourth-order valence-corrected chi connectivity index (χ4v) is 9.22. The van der Waals surface area contributed by atoms with Crippen molar-refractivity contribution in [3.05, 3.63) is 51.5 Å². The van der Waals surface area contributed by atoms with Gasteiger partial charge in [0.25, 0.3) is 10.0 Å². The van der Waals surface area contributed by atoms with Crippen LogP contribution in [0.15, 0.2) is 34.2 Å². The number of nitrogens with zero attached hydrogens (tertiary/aromatic N) is 3. The van der Waals surface area contributed by atoms with E-state index in [9.17, 15) is 22.8 Å². The number of rotatable bonds is 10. The van der Waals surface area contributed by atoms with Gasteiger partial charge in [-0.3, -0.25) is 14.6 Å². The van der Waals surface area contributed by atoms with Gasteiger partial charge in [-0.15, -0.1) is 11.3 Å². The number of para-hydroxylation sites is 1. The van der Waals surface area contributed by atoms with Crippen molar-refractivity contribution in [2.45, 2.75) is 110 Å². The van der Waals surface area contributed by atoms with Crippen LogP contribution < -0.4 is 20.5 Å². The fourth-order valence-electron chi connectivity index (χ4n) is 6.73. The van der Waals surface area contributed by atoms with Crippen molar-refractivity contribution in [2.75, 3.05) is 19.6 Å². The van der Waals surface area contributed by atoms with Crippen LogP contribution in [0.5, 0.6) is 5.75 Å². The summed E-state index contributed by atoms with van der Waals surface area (Å²) in [7, 11) is -4.08. The highest BCUT2D eigenvalue weighted by atomic mass is 32.2. The maximum absolute atomic E-state index is 13.8. The fraction of sp³-hybridized carbons (Fsp3) is 0.541. The van der Waals surface area contributed by atoms with Gasteiger partial charge in [0.1, 0.15) is 17.0 Å². The van der Waals surface area contributed by atoms with Crippen molar-refractivity contribution >= 4 is 55.3 Å². The van der Waals surface area contributed by atoms with Crippen molar-refractivity contribution in [2.24, 2.45) is 16.6 Å². The molecule has 1 aromatic heterocycles. The summed E-state index contributed by atoms with van der Waals surface area (Å²) < 4.78 is 42.2. The molecule has 13 nitrogen and oxygen atoms in total. The molecule has 1 saturated heterocycles. The first-order valence-corrected chi connectivity index (χ1v) is 19.9. The number of guanidine groups is 1. The van der Waals surface area contributed by atoms with Crippen LogP contribution in [-0.4, -0.2) is 78.9 Å². The number of aliphatic imine (C=N–C) groups is 1. The second-order valence-electron chi connectivity index (χ2n) is 15.2. The summed E-state index contributed by atoms with van der Waals surface area (Å²) in [5.41, 5.74) is 8.50. The third-order valence-corrected chi connectivity index (χ3v) is 12.0. The van der Waals surface area contributed by atoms with Gasteiger partial charge in [0.05, 0.1) is 27.1 Å². The van der Waals surface area contributed by atoms with Crippen LogP contribution in [0.1, 0.15) is 92.4 Å². The Bertz CT molecular complexity index is 1980. The number of amides is 2. The SMILES string of the molecule is Cc1c(C)c(S(=O)(=O)NC(N)=NCCCC(NC(=O)[C@H]2CCCN(C(=O)OC(C)(C)C)C2)C(=O)c2nc3ccccc3s2)c(C)c2c1OC(C)(C)C2. The van der Waals surface area contributed by atoms with Gasteiger partial charge in [-0.05, 0) is 110 Å². The highest BCUT2D eigenvalue weighted by Gasteiger charge is 2.37. The number of nitrogens with one attached hydrogen (secondary N) is 2. The molecule has 52 heavy (non-hydrogen) atoms. The van der Waals surface area contributed by atoms with Crippen LogP contribution in [0, 0.1) is 26.7 Å². The van der Waals surface area contributed by atoms with E-state index in [0.717, 1.165) is 21.6 Å². The number of carbonyl (C=O) groups excluding carboxylic acids is 3. The Hall–Kier alpha value is -4.24. The first-order chi connectivity index (χ1) is 24.3. The van der Waals surface area contributed by atoms with E-state index >= 15 is 0 Å². The zero-order valence-corrected chi connectivity index (χ0v) is 32.8. The summed E-state index contributed by atoms with van der Waals surface area (Å²) in [6.07, 6.45) is 1.78. The van der Waals surface area contributed by atoms with Crippen LogP contribution in [0.2, 0.25) is 0 Å². The highest BCUT2D eigenvalue weighted by molar-refractivity contribution is 7.90. The molecule has 0 bridgehead atoms. The van der Waals surface area contributed by atoms with Gasteiger partial charge in [0.15, 0.2) is 5.01 Å². The maximum atomic E-state index is 13.8. The van der Waals surface area contributed by atoms with Crippen molar-refractivity contribution < 1.29 is 32.3 Å². The largest absolute Gasteiger partial charge is 0.487 e. The molecule has 4 N–H and O–H groups in total. The summed E-state index contributed by atoms with van der Waals surface area (Å²) in [6, 6.07) is 6.49. The predicted molar refractivity (Wildman–Crippen MR) is 202 cm³/mol. The van der Waals surface area contributed by atoms with Gasteiger partial charge in [-0.2, -0.15) is 0 Å².